The van der Waals surface area contributed by atoms with Crippen molar-refractivity contribution < 1.29 is 4.74 Å². The van der Waals surface area contributed by atoms with E-state index in [-0.39, 0.29) is 5.41 Å². The molecule has 3 aromatic carbocycles. The van der Waals surface area contributed by atoms with E-state index in [0.29, 0.717) is 13.2 Å². The Balaban J connectivity index is 1.58. The molecular weight excluding hydrogens is 464 g/mol. The molecule has 0 N–H and O–H groups in total. The third-order valence-electron chi connectivity index (χ3n) is 5.89. The lowest BCUT2D eigenvalue weighted by Gasteiger charge is -2.42. The number of benzene rings is 3. The Morgan fingerprint density at radius 3 is 2.19 bits per heavy atom. The van der Waals surface area contributed by atoms with Crippen LogP contribution in [-0.2, 0) is 23.6 Å². The van der Waals surface area contributed by atoms with Crippen LogP contribution in [0.2, 0.25) is 0 Å². The van der Waals surface area contributed by atoms with Gasteiger partial charge in [0.25, 0.3) is 0 Å². The minimum absolute atomic E-state index is 0.130. The highest BCUT2D eigenvalue weighted by Gasteiger charge is 2.42. The van der Waals surface area contributed by atoms with Gasteiger partial charge in [0, 0.05) is 34.5 Å². The molecule has 1 aromatic heterocycles. The second kappa shape index (κ2) is 8.81. The Labute approximate surface area is 195 Å². The SMILES string of the molecule is Cn1cnnc1CC1(c2cc(Br)cc(N=C(c3ccccc3)c3ccccc3)c2)COC1. The Kier molecular flexibility index (Phi) is 5.72. The van der Waals surface area contributed by atoms with Crippen molar-refractivity contribution in [3.05, 3.63) is 112 Å². The van der Waals surface area contributed by atoms with Crippen molar-refractivity contribution in [3.63, 3.8) is 0 Å². The minimum Gasteiger partial charge on any atom is -0.379 e. The fraction of sp³-hybridized carbons (Fsp3) is 0.192. The summed E-state index contributed by atoms with van der Waals surface area (Å²) < 4.78 is 8.64. The summed E-state index contributed by atoms with van der Waals surface area (Å²) in [7, 11) is 1.98. The number of aromatic nitrogens is 3. The normalized spacial score (nSPS) is 14.6. The van der Waals surface area contributed by atoms with Gasteiger partial charge in [-0.1, -0.05) is 76.6 Å². The number of aliphatic imine (C=N–C) groups is 1. The van der Waals surface area contributed by atoms with E-state index in [9.17, 15) is 0 Å². The third-order valence-corrected chi connectivity index (χ3v) is 6.35. The summed E-state index contributed by atoms with van der Waals surface area (Å²) in [4.78, 5) is 5.12. The van der Waals surface area contributed by atoms with Crippen LogP contribution in [0.4, 0.5) is 5.69 Å². The zero-order chi connectivity index (χ0) is 22.0. The minimum atomic E-state index is -0.130. The number of aryl methyl sites for hydroxylation is 1. The van der Waals surface area contributed by atoms with Gasteiger partial charge in [0.15, 0.2) is 0 Å². The lowest BCUT2D eigenvalue weighted by molar-refractivity contribution is -0.0611. The summed E-state index contributed by atoms with van der Waals surface area (Å²) in [5.74, 6) is 0.951. The molecule has 1 aliphatic heterocycles. The zero-order valence-corrected chi connectivity index (χ0v) is 19.4. The van der Waals surface area contributed by atoms with E-state index in [0.717, 1.165) is 39.2 Å². The standard InChI is InChI=1S/C26H23BrN4O/c1-31-18-28-30-24(31)15-26(16-32-17-26)21-12-22(27)14-23(13-21)29-25(19-8-4-2-5-9-19)20-10-6-3-7-11-20/h2-14,18H,15-17H2,1H3. The lowest BCUT2D eigenvalue weighted by atomic mass is 9.75. The molecule has 1 fully saturated rings. The highest BCUT2D eigenvalue weighted by atomic mass is 79.9. The summed E-state index contributed by atoms with van der Waals surface area (Å²) in [6.07, 6.45) is 2.51. The number of nitrogens with zero attached hydrogens (tertiary/aromatic N) is 4. The highest BCUT2D eigenvalue weighted by Crippen LogP contribution is 2.39. The van der Waals surface area contributed by atoms with Crippen LogP contribution in [0.5, 0.6) is 0 Å². The molecule has 0 spiro atoms. The van der Waals surface area contributed by atoms with Crippen LogP contribution in [0.1, 0.15) is 22.5 Å². The topological polar surface area (TPSA) is 52.3 Å². The van der Waals surface area contributed by atoms with Crippen molar-refractivity contribution >= 4 is 27.3 Å². The van der Waals surface area contributed by atoms with Gasteiger partial charge in [0.1, 0.15) is 12.2 Å². The van der Waals surface area contributed by atoms with Crippen molar-refractivity contribution in [2.45, 2.75) is 11.8 Å². The van der Waals surface area contributed by atoms with E-state index < -0.39 is 0 Å². The van der Waals surface area contributed by atoms with E-state index in [1.54, 1.807) is 6.33 Å². The van der Waals surface area contributed by atoms with Gasteiger partial charge in [0.05, 0.1) is 24.6 Å². The van der Waals surface area contributed by atoms with Gasteiger partial charge in [0.2, 0.25) is 0 Å². The van der Waals surface area contributed by atoms with E-state index in [1.165, 1.54) is 5.56 Å². The molecule has 0 bridgehead atoms. The Bertz CT molecular complexity index is 1210. The maximum atomic E-state index is 5.67. The molecule has 0 radical (unpaired) electrons. The summed E-state index contributed by atoms with van der Waals surface area (Å²) >= 11 is 3.71. The number of hydrogen-bond donors (Lipinski definition) is 0. The van der Waals surface area contributed by atoms with Crippen LogP contribution >= 0.6 is 15.9 Å². The number of hydrogen-bond acceptors (Lipinski definition) is 4. The van der Waals surface area contributed by atoms with Gasteiger partial charge in [-0.15, -0.1) is 10.2 Å². The van der Waals surface area contributed by atoms with Crippen LogP contribution in [0.25, 0.3) is 0 Å². The van der Waals surface area contributed by atoms with Gasteiger partial charge >= 0.3 is 0 Å². The average molecular weight is 487 g/mol. The molecule has 2 heterocycles. The van der Waals surface area contributed by atoms with E-state index in [4.69, 9.17) is 9.73 Å². The van der Waals surface area contributed by atoms with Gasteiger partial charge in [-0.05, 0) is 23.8 Å². The monoisotopic (exact) mass is 486 g/mol. The van der Waals surface area contributed by atoms with Crippen LogP contribution in [0.15, 0.2) is 94.7 Å². The van der Waals surface area contributed by atoms with E-state index in [1.807, 2.05) is 48.0 Å². The summed E-state index contributed by atoms with van der Waals surface area (Å²) in [6.45, 7) is 1.31. The molecule has 0 amide bonds. The Morgan fingerprint density at radius 2 is 1.66 bits per heavy atom. The van der Waals surface area contributed by atoms with Gasteiger partial charge < -0.3 is 9.30 Å². The van der Waals surface area contributed by atoms with Crippen LogP contribution < -0.4 is 0 Å². The molecule has 0 aliphatic carbocycles. The summed E-state index contributed by atoms with van der Waals surface area (Å²) in [6, 6.07) is 27.0. The smallest absolute Gasteiger partial charge is 0.133 e. The Hall–Kier alpha value is -3.09. The number of ether oxygens (including phenoxy) is 1. The fourth-order valence-corrected chi connectivity index (χ4v) is 4.53. The molecule has 0 atom stereocenters. The summed E-state index contributed by atoms with van der Waals surface area (Å²) in [5, 5.41) is 8.34. The molecule has 1 saturated heterocycles. The third kappa shape index (κ3) is 4.16. The molecule has 5 nitrogen and oxygen atoms in total. The lowest BCUT2D eigenvalue weighted by Crippen LogP contribution is -2.49. The average Bonchev–Trinajstić information content (AvgIpc) is 3.19. The first-order valence-corrected chi connectivity index (χ1v) is 11.3. The predicted octanol–water partition coefficient (Wildman–Crippen LogP) is 5.26. The molecule has 32 heavy (non-hydrogen) atoms. The predicted molar refractivity (Wildman–Crippen MR) is 130 cm³/mol. The van der Waals surface area contributed by atoms with Gasteiger partial charge in [-0.3, -0.25) is 0 Å². The maximum absolute atomic E-state index is 5.67. The molecule has 1 aliphatic rings. The first-order valence-electron chi connectivity index (χ1n) is 10.5. The maximum Gasteiger partial charge on any atom is 0.133 e. The number of halogens is 1. The van der Waals surface area contributed by atoms with E-state index in [2.05, 4.69) is 68.6 Å². The molecule has 160 valence electrons. The van der Waals surface area contributed by atoms with Crippen molar-refractivity contribution in [1.29, 1.82) is 0 Å². The molecular formula is C26H23BrN4O. The fourth-order valence-electron chi connectivity index (χ4n) is 4.05. The molecule has 0 unspecified atom stereocenters. The zero-order valence-electron chi connectivity index (χ0n) is 17.8. The molecule has 6 heteroatoms. The number of rotatable bonds is 6. The van der Waals surface area contributed by atoms with Crippen molar-refractivity contribution in [3.8, 4) is 0 Å². The first-order chi connectivity index (χ1) is 15.6. The molecule has 0 saturated carbocycles. The van der Waals surface area contributed by atoms with Crippen molar-refractivity contribution in [2.24, 2.45) is 12.0 Å². The second-order valence-corrected chi connectivity index (χ2v) is 9.11. The van der Waals surface area contributed by atoms with Gasteiger partial charge in [-0.25, -0.2) is 4.99 Å². The van der Waals surface area contributed by atoms with Crippen LogP contribution in [0, 0.1) is 0 Å². The molecule has 5 rings (SSSR count). The van der Waals surface area contributed by atoms with Gasteiger partial charge in [-0.2, -0.15) is 0 Å². The quantitative estimate of drug-likeness (QED) is 0.349. The summed E-state index contributed by atoms with van der Waals surface area (Å²) in [5.41, 5.74) is 5.08. The van der Waals surface area contributed by atoms with E-state index >= 15 is 0 Å². The molecule has 4 aromatic rings. The van der Waals surface area contributed by atoms with Crippen molar-refractivity contribution in [2.75, 3.05) is 13.2 Å². The highest BCUT2D eigenvalue weighted by molar-refractivity contribution is 9.10. The first kappa shape index (κ1) is 20.8. The van der Waals surface area contributed by atoms with Crippen LogP contribution in [0.3, 0.4) is 0 Å². The van der Waals surface area contributed by atoms with Crippen molar-refractivity contribution in [1.82, 2.24) is 14.8 Å². The largest absolute Gasteiger partial charge is 0.379 e. The second-order valence-electron chi connectivity index (χ2n) is 8.20. The van der Waals surface area contributed by atoms with Crippen LogP contribution in [-0.4, -0.2) is 33.7 Å². The Morgan fingerprint density at radius 1 is 1.00 bits per heavy atom.